The maximum atomic E-state index is 14.0. The van der Waals surface area contributed by atoms with Gasteiger partial charge in [-0.25, -0.2) is 16.8 Å². The Kier molecular flexibility index (Phi) is 7.13. The lowest BCUT2D eigenvalue weighted by Crippen LogP contribution is -2.51. The molecule has 1 aliphatic rings. The van der Waals surface area contributed by atoms with E-state index in [4.69, 9.17) is 11.6 Å². The van der Waals surface area contributed by atoms with Crippen LogP contribution in [-0.2, 0) is 24.7 Å². The maximum absolute atomic E-state index is 14.0. The predicted molar refractivity (Wildman–Crippen MR) is 128 cm³/mol. The van der Waals surface area contributed by atoms with Crippen molar-refractivity contribution in [2.45, 2.75) is 40.5 Å². The van der Waals surface area contributed by atoms with Crippen LogP contribution in [0.5, 0.6) is 0 Å². The van der Waals surface area contributed by atoms with E-state index in [2.05, 4.69) is 10.3 Å². The Bertz CT molecular complexity index is 1340. The Morgan fingerprint density at radius 1 is 0.882 bits per heavy atom. The number of carbonyl (C=O) groups is 1. The van der Waals surface area contributed by atoms with Crippen molar-refractivity contribution in [1.29, 1.82) is 0 Å². The lowest BCUT2D eigenvalue weighted by Gasteiger charge is -2.35. The van der Waals surface area contributed by atoms with Crippen molar-refractivity contribution < 1.29 is 21.6 Å². The van der Waals surface area contributed by atoms with Crippen molar-refractivity contribution in [3.8, 4) is 0 Å². The molecule has 0 radical (unpaired) electrons. The van der Waals surface area contributed by atoms with E-state index < -0.39 is 37.2 Å². The highest BCUT2D eigenvalue weighted by molar-refractivity contribution is 7.94. The molecule has 34 heavy (non-hydrogen) atoms. The zero-order chi connectivity index (χ0) is 24.3. The van der Waals surface area contributed by atoms with Gasteiger partial charge in [-0.3, -0.25) is 4.79 Å². The summed E-state index contributed by atoms with van der Waals surface area (Å²) < 4.78 is 56.8. The number of benzene rings is 2. The maximum Gasteiger partial charge on any atom is 0.245 e. The van der Waals surface area contributed by atoms with Gasteiger partial charge in [-0.1, -0.05) is 29.8 Å². The fraction of sp³-hybridized carbons (Fsp3) is 0.261. The van der Waals surface area contributed by atoms with Crippen LogP contribution < -0.4 is 5.32 Å². The molecule has 1 saturated heterocycles. The molecule has 11 heteroatoms. The number of sulfonamides is 1. The molecule has 2 atom stereocenters. The normalized spacial score (nSPS) is 18.3. The molecule has 1 fully saturated rings. The molecule has 2 aromatic carbocycles. The van der Waals surface area contributed by atoms with Gasteiger partial charge >= 0.3 is 0 Å². The first-order valence-electron chi connectivity index (χ1n) is 10.7. The summed E-state index contributed by atoms with van der Waals surface area (Å²) in [5.74, 6) is -0.533. The number of halogens is 1. The number of sulfone groups is 1. The van der Waals surface area contributed by atoms with Crippen LogP contribution in [0.1, 0.15) is 30.3 Å². The fourth-order valence-corrected chi connectivity index (χ4v) is 8.16. The number of nitrogens with zero attached hydrogens (tertiary/aromatic N) is 1. The van der Waals surface area contributed by atoms with Crippen molar-refractivity contribution in [2.24, 2.45) is 0 Å². The van der Waals surface area contributed by atoms with Gasteiger partial charge in [-0.05, 0) is 67.8 Å². The SMILES string of the molecule is O=C1NCCCCC1N(C(c1ccc[nH]1)S(=O)(=O)c1ccccc1)S(=O)(=O)c1ccc(Cl)cc1. The fourth-order valence-electron chi connectivity index (χ4n) is 4.03. The Labute approximate surface area is 203 Å². The Hall–Kier alpha value is -2.66. The molecule has 1 aromatic heterocycles. The minimum absolute atomic E-state index is 0.0556. The van der Waals surface area contributed by atoms with E-state index in [1.807, 2.05) is 0 Å². The van der Waals surface area contributed by atoms with Crippen LogP contribution in [0.25, 0.3) is 0 Å². The van der Waals surface area contributed by atoms with Gasteiger partial charge in [-0.15, -0.1) is 0 Å². The van der Waals surface area contributed by atoms with Crippen LogP contribution in [-0.4, -0.2) is 44.6 Å². The highest BCUT2D eigenvalue weighted by atomic mass is 35.5. The van der Waals surface area contributed by atoms with Gasteiger partial charge in [0.05, 0.1) is 9.79 Å². The molecular formula is C23H24ClN3O5S2. The third-order valence-electron chi connectivity index (χ3n) is 5.69. The highest BCUT2D eigenvalue weighted by Crippen LogP contribution is 2.38. The quantitative estimate of drug-likeness (QED) is 0.493. The summed E-state index contributed by atoms with van der Waals surface area (Å²) in [5.41, 5.74) is 0.137. The monoisotopic (exact) mass is 521 g/mol. The smallest absolute Gasteiger partial charge is 0.245 e. The molecule has 4 rings (SSSR count). The standard InChI is InChI=1S/C23H24ClN3O5S2/c24-17-11-13-19(14-12-17)34(31,32)27(21-10-4-5-15-26-22(21)28)23(20-9-6-16-25-20)33(29,30)18-7-2-1-3-8-18/h1-3,6-9,11-14,16,21,23,25H,4-5,10,15H2,(H,26,28). The largest absolute Gasteiger partial charge is 0.363 e. The van der Waals surface area contributed by atoms with Crippen molar-refractivity contribution in [3.63, 3.8) is 0 Å². The van der Waals surface area contributed by atoms with Crippen molar-refractivity contribution in [1.82, 2.24) is 14.6 Å². The topological polar surface area (TPSA) is 116 Å². The predicted octanol–water partition coefficient (Wildman–Crippen LogP) is 3.50. The lowest BCUT2D eigenvalue weighted by atomic mass is 10.1. The second-order valence-corrected chi connectivity index (χ2v) is 12.2. The van der Waals surface area contributed by atoms with Crippen molar-refractivity contribution in [2.75, 3.05) is 6.54 Å². The third-order valence-corrected chi connectivity index (χ3v) is 9.96. The molecule has 180 valence electrons. The molecule has 8 nitrogen and oxygen atoms in total. The summed E-state index contributed by atoms with van der Waals surface area (Å²) in [7, 11) is -8.77. The molecule has 0 spiro atoms. The average molecular weight is 522 g/mol. The summed E-state index contributed by atoms with van der Waals surface area (Å²) >= 11 is 5.96. The number of aromatic amines is 1. The van der Waals surface area contributed by atoms with E-state index in [9.17, 15) is 21.6 Å². The Balaban J connectivity index is 1.97. The van der Waals surface area contributed by atoms with Gasteiger partial charge in [0.1, 0.15) is 6.04 Å². The van der Waals surface area contributed by atoms with Crippen molar-refractivity contribution in [3.05, 3.63) is 83.6 Å². The summed E-state index contributed by atoms with van der Waals surface area (Å²) in [4.78, 5) is 15.7. The van der Waals surface area contributed by atoms with Gasteiger partial charge in [-0.2, -0.15) is 4.31 Å². The van der Waals surface area contributed by atoms with E-state index in [1.54, 1.807) is 24.3 Å². The van der Waals surface area contributed by atoms with Crippen LogP contribution in [0.2, 0.25) is 5.02 Å². The summed E-state index contributed by atoms with van der Waals surface area (Å²) in [6.45, 7) is 0.392. The van der Waals surface area contributed by atoms with Gasteiger partial charge in [0.2, 0.25) is 25.8 Å². The highest BCUT2D eigenvalue weighted by Gasteiger charge is 2.48. The molecule has 0 bridgehead atoms. The zero-order valence-corrected chi connectivity index (χ0v) is 20.5. The minimum Gasteiger partial charge on any atom is -0.363 e. The van der Waals surface area contributed by atoms with E-state index in [-0.39, 0.29) is 21.9 Å². The first kappa shape index (κ1) is 24.5. The molecular weight excluding hydrogens is 498 g/mol. The van der Waals surface area contributed by atoms with E-state index in [0.29, 0.717) is 24.4 Å². The van der Waals surface area contributed by atoms with Crippen LogP contribution >= 0.6 is 11.6 Å². The van der Waals surface area contributed by atoms with Gasteiger partial charge in [0, 0.05) is 23.5 Å². The van der Waals surface area contributed by atoms with E-state index in [1.165, 1.54) is 48.7 Å². The van der Waals surface area contributed by atoms with Crippen LogP contribution in [0.3, 0.4) is 0 Å². The number of rotatable bonds is 7. The number of hydrogen-bond acceptors (Lipinski definition) is 5. The number of aromatic nitrogens is 1. The molecule has 2 heterocycles. The first-order valence-corrected chi connectivity index (χ1v) is 14.1. The van der Waals surface area contributed by atoms with Crippen LogP contribution in [0, 0.1) is 0 Å². The summed E-state index contributed by atoms with van der Waals surface area (Å²) in [6.07, 6.45) is 2.91. The molecule has 2 N–H and O–H groups in total. The zero-order valence-electron chi connectivity index (χ0n) is 18.1. The second-order valence-electron chi connectivity index (χ2n) is 7.93. The molecule has 0 saturated carbocycles. The third kappa shape index (κ3) is 4.76. The minimum atomic E-state index is -4.47. The molecule has 0 aliphatic carbocycles. The molecule has 1 amide bonds. The van der Waals surface area contributed by atoms with Crippen LogP contribution in [0.4, 0.5) is 0 Å². The number of amides is 1. The van der Waals surface area contributed by atoms with Gasteiger partial charge in [0.25, 0.3) is 0 Å². The van der Waals surface area contributed by atoms with E-state index >= 15 is 0 Å². The average Bonchev–Trinajstić information content (AvgIpc) is 3.26. The first-order chi connectivity index (χ1) is 16.2. The number of H-pyrrole nitrogens is 1. The van der Waals surface area contributed by atoms with Crippen molar-refractivity contribution >= 4 is 37.4 Å². The number of nitrogens with one attached hydrogen (secondary N) is 2. The molecule has 1 aliphatic heterocycles. The number of carbonyl (C=O) groups excluding carboxylic acids is 1. The number of hydrogen-bond donors (Lipinski definition) is 2. The second kappa shape index (κ2) is 9.91. The Morgan fingerprint density at radius 2 is 1.59 bits per heavy atom. The summed E-state index contributed by atoms with van der Waals surface area (Å²) in [6, 6.07) is 14.9. The molecule has 2 unspecified atom stereocenters. The summed E-state index contributed by atoms with van der Waals surface area (Å²) in [5, 5.41) is 1.36. The van der Waals surface area contributed by atoms with Crippen LogP contribution in [0.15, 0.2) is 82.7 Å². The van der Waals surface area contributed by atoms with E-state index in [0.717, 1.165) is 4.31 Å². The lowest BCUT2D eigenvalue weighted by molar-refractivity contribution is -0.124. The molecule has 3 aromatic rings. The van der Waals surface area contributed by atoms with Gasteiger partial charge < -0.3 is 10.3 Å². The van der Waals surface area contributed by atoms with Gasteiger partial charge in [0.15, 0.2) is 5.37 Å². The Morgan fingerprint density at radius 3 is 2.24 bits per heavy atom.